The maximum Gasteiger partial charge on any atom is 0.276 e. The van der Waals surface area contributed by atoms with E-state index in [-0.39, 0.29) is 4.90 Å². The molecule has 0 fully saturated rings. The van der Waals surface area contributed by atoms with Crippen molar-refractivity contribution < 1.29 is 22.6 Å². The van der Waals surface area contributed by atoms with Crippen LogP contribution in [0.3, 0.4) is 0 Å². The van der Waals surface area contributed by atoms with Crippen molar-refractivity contribution in [2.75, 3.05) is 19.8 Å². The molecule has 0 heterocycles. The zero-order valence-corrected chi connectivity index (χ0v) is 18.2. The standard InChI is InChI=1S/C20H25ClN2O5S/c1-4-11-28-20-18(21)12-15(13-19(20)27-6-3)14-22-23-29(24,25)17-9-7-16(8-10-17)26-5-2/h7-10,12-14,23H,4-6,11H2,1-3H3/b22-14+. The fraction of sp³-hybridized carbons (Fsp3) is 0.350. The van der Waals surface area contributed by atoms with Crippen LogP contribution in [0.4, 0.5) is 0 Å². The van der Waals surface area contributed by atoms with Gasteiger partial charge in [-0.15, -0.1) is 0 Å². The van der Waals surface area contributed by atoms with E-state index in [0.29, 0.717) is 47.7 Å². The van der Waals surface area contributed by atoms with Crippen molar-refractivity contribution in [2.45, 2.75) is 32.1 Å². The number of ether oxygens (including phenoxy) is 3. The first-order valence-corrected chi connectivity index (χ1v) is 11.1. The Bertz CT molecular complexity index is 931. The zero-order chi connectivity index (χ0) is 21.3. The summed E-state index contributed by atoms with van der Waals surface area (Å²) in [7, 11) is -3.81. The number of nitrogens with one attached hydrogen (secondary N) is 1. The number of hydrogen-bond acceptors (Lipinski definition) is 6. The van der Waals surface area contributed by atoms with Crippen molar-refractivity contribution in [1.82, 2.24) is 4.83 Å². The second-order valence-corrected chi connectivity index (χ2v) is 7.94. The number of hydrazone groups is 1. The van der Waals surface area contributed by atoms with Gasteiger partial charge in [0.1, 0.15) is 5.75 Å². The zero-order valence-electron chi connectivity index (χ0n) is 16.6. The molecule has 29 heavy (non-hydrogen) atoms. The summed E-state index contributed by atoms with van der Waals surface area (Å²) in [6.45, 7) is 7.14. The minimum absolute atomic E-state index is 0.0782. The van der Waals surface area contributed by atoms with Gasteiger partial charge in [-0.2, -0.15) is 13.5 Å². The van der Waals surface area contributed by atoms with E-state index in [9.17, 15) is 8.42 Å². The second-order valence-electron chi connectivity index (χ2n) is 5.87. The highest BCUT2D eigenvalue weighted by molar-refractivity contribution is 7.89. The maximum atomic E-state index is 12.4. The summed E-state index contributed by atoms with van der Waals surface area (Å²) in [5.41, 5.74) is 0.566. The maximum absolute atomic E-state index is 12.4. The van der Waals surface area contributed by atoms with E-state index in [4.69, 9.17) is 25.8 Å². The average Bonchev–Trinajstić information content (AvgIpc) is 2.68. The average molecular weight is 441 g/mol. The Kier molecular flexibility index (Phi) is 8.60. The van der Waals surface area contributed by atoms with Crippen molar-refractivity contribution in [2.24, 2.45) is 5.10 Å². The van der Waals surface area contributed by atoms with Crippen molar-refractivity contribution >= 4 is 27.8 Å². The number of benzene rings is 2. The Hall–Kier alpha value is -2.45. The Morgan fingerprint density at radius 1 is 1.03 bits per heavy atom. The molecule has 0 aliphatic rings. The van der Waals surface area contributed by atoms with Crippen LogP contribution in [0.5, 0.6) is 17.2 Å². The van der Waals surface area contributed by atoms with Crippen LogP contribution in [0.1, 0.15) is 32.8 Å². The Balaban J connectivity index is 2.15. The lowest BCUT2D eigenvalue weighted by Crippen LogP contribution is -2.18. The lowest BCUT2D eigenvalue weighted by molar-refractivity contribution is 0.277. The highest BCUT2D eigenvalue weighted by atomic mass is 35.5. The molecule has 0 aliphatic heterocycles. The minimum atomic E-state index is -3.81. The highest BCUT2D eigenvalue weighted by Gasteiger charge is 2.14. The van der Waals surface area contributed by atoms with Gasteiger partial charge in [0.2, 0.25) is 0 Å². The first kappa shape index (κ1) is 22.8. The van der Waals surface area contributed by atoms with Gasteiger partial charge < -0.3 is 14.2 Å². The van der Waals surface area contributed by atoms with E-state index < -0.39 is 10.0 Å². The van der Waals surface area contributed by atoms with Crippen molar-refractivity contribution in [3.8, 4) is 17.2 Å². The molecule has 0 saturated heterocycles. The lowest BCUT2D eigenvalue weighted by atomic mass is 10.2. The predicted molar refractivity (Wildman–Crippen MR) is 114 cm³/mol. The predicted octanol–water partition coefficient (Wildman–Crippen LogP) is 4.24. The summed E-state index contributed by atoms with van der Waals surface area (Å²) >= 11 is 6.29. The van der Waals surface area contributed by atoms with E-state index in [2.05, 4.69) is 9.93 Å². The fourth-order valence-corrected chi connectivity index (χ4v) is 3.44. The fourth-order valence-electron chi connectivity index (χ4n) is 2.37. The van der Waals surface area contributed by atoms with Crippen LogP contribution in [-0.2, 0) is 10.0 Å². The van der Waals surface area contributed by atoms with Gasteiger partial charge in [0.05, 0.1) is 36.0 Å². The summed E-state index contributed by atoms with van der Waals surface area (Å²) < 4.78 is 41.3. The molecule has 0 unspecified atom stereocenters. The van der Waals surface area contributed by atoms with Crippen LogP contribution in [0.15, 0.2) is 46.4 Å². The van der Waals surface area contributed by atoms with Gasteiger partial charge in [-0.25, -0.2) is 4.83 Å². The van der Waals surface area contributed by atoms with Crippen LogP contribution in [-0.4, -0.2) is 34.5 Å². The van der Waals surface area contributed by atoms with E-state index in [1.54, 1.807) is 24.3 Å². The van der Waals surface area contributed by atoms with Crippen LogP contribution in [0.25, 0.3) is 0 Å². The molecule has 158 valence electrons. The van der Waals surface area contributed by atoms with E-state index in [0.717, 1.165) is 6.42 Å². The minimum Gasteiger partial charge on any atom is -0.494 e. The van der Waals surface area contributed by atoms with Gasteiger partial charge in [0.25, 0.3) is 10.0 Å². The molecule has 0 bridgehead atoms. The molecule has 0 amide bonds. The SMILES string of the molecule is CCCOc1c(Cl)cc(/C=N/NS(=O)(=O)c2ccc(OCC)cc2)cc1OCC. The molecule has 2 aromatic rings. The van der Waals surface area contributed by atoms with E-state index in [1.165, 1.54) is 18.3 Å². The Labute approximate surface area is 176 Å². The topological polar surface area (TPSA) is 86.2 Å². The van der Waals surface area contributed by atoms with Crippen LogP contribution in [0.2, 0.25) is 5.02 Å². The lowest BCUT2D eigenvalue weighted by Gasteiger charge is -2.13. The Morgan fingerprint density at radius 3 is 2.34 bits per heavy atom. The highest BCUT2D eigenvalue weighted by Crippen LogP contribution is 2.36. The summed E-state index contributed by atoms with van der Waals surface area (Å²) in [6.07, 6.45) is 2.18. The molecule has 2 aromatic carbocycles. The summed E-state index contributed by atoms with van der Waals surface area (Å²) in [5, 5.41) is 4.19. The molecule has 9 heteroatoms. The summed E-state index contributed by atoms with van der Waals surface area (Å²) in [5.74, 6) is 1.53. The quantitative estimate of drug-likeness (QED) is 0.417. The number of sulfonamides is 1. The number of nitrogens with zero attached hydrogens (tertiary/aromatic N) is 1. The van der Waals surface area contributed by atoms with Crippen LogP contribution < -0.4 is 19.0 Å². The van der Waals surface area contributed by atoms with Gasteiger partial charge in [0.15, 0.2) is 11.5 Å². The van der Waals surface area contributed by atoms with Gasteiger partial charge in [-0.05, 0) is 62.2 Å². The molecule has 0 saturated carbocycles. The number of hydrogen-bond donors (Lipinski definition) is 1. The van der Waals surface area contributed by atoms with Gasteiger partial charge >= 0.3 is 0 Å². The molecule has 1 N–H and O–H groups in total. The molecule has 0 atom stereocenters. The molecule has 0 spiro atoms. The molecule has 7 nitrogen and oxygen atoms in total. The van der Waals surface area contributed by atoms with Crippen LogP contribution in [0, 0.1) is 0 Å². The largest absolute Gasteiger partial charge is 0.494 e. The third kappa shape index (κ3) is 6.54. The number of halogens is 1. The molecule has 0 aromatic heterocycles. The normalized spacial score (nSPS) is 11.4. The second kappa shape index (κ2) is 10.9. The van der Waals surface area contributed by atoms with Gasteiger partial charge in [0, 0.05) is 0 Å². The first-order chi connectivity index (χ1) is 13.9. The van der Waals surface area contributed by atoms with E-state index in [1.807, 2.05) is 20.8 Å². The smallest absolute Gasteiger partial charge is 0.276 e. The Morgan fingerprint density at radius 2 is 1.72 bits per heavy atom. The van der Waals surface area contributed by atoms with Gasteiger partial charge in [-0.3, -0.25) is 0 Å². The summed E-state index contributed by atoms with van der Waals surface area (Å²) in [4.78, 5) is 2.26. The van der Waals surface area contributed by atoms with Crippen molar-refractivity contribution in [1.29, 1.82) is 0 Å². The monoisotopic (exact) mass is 440 g/mol. The third-order valence-corrected chi connectivity index (χ3v) is 5.13. The molecule has 0 radical (unpaired) electrons. The first-order valence-electron chi connectivity index (χ1n) is 9.28. The third-order valence-electron chi connectivity index (χ3n) is 3.61. The van der Waals surface area contributed by atoms with Crippen LogP contribution >= 0.6 is 11.6 Å². The molecular formula is C20H25ClN2O5S. The van der Waals surface area contributed by atoms with Crippen molar-refractivity contribution in [3.05, 3.63) is 47.0 Å². The van der Waals surface area contributed by atoms with E-state index >= 15 is 0 Å². The molecular weight excluding hydrogens is 416 g/mol. The van der Waals surface area contributed by atoms with Crippen molar-refractivity contribution in [3.63, 3.8) is 0 Å². The molecule has 2 rings (SSSR count). The summed E-state index contributed by atoms with van der Waals surface area (Å²) in [6, 6.07) is 9.40. The number of rotatable bonds is 11. The molecule has 0 aliphatic carbocycles. The van der Waals surface area contributed by atoms with Gasteiger partial charge in [-0.1, -0.05) is 18.5 Å².